The van der Waals surface area contributed by atoms with Crippen molar-refractivity contribution >= 4 is 9.24 Å². The molecule has 2 unspecified atom stereocenters. The van der Waals surface area contributed by atoms with E-state index in [0.29, 0.717) is 0 Å². The van der Waals surface area contributed by atoms with E-state index in [4.69, 9.17) is 0 Å². The number of unbranched alkanes of at least 4 members (excludes halogenated alkanes) is 1. The smallest absolute Gasteiger partial charge is 0.00216 e. The standard InChI is InChI=1S/C12H28NP/c1-4-6-10-13(3)11-7-9-12(14)8-5-2/h12H,4-11,14H2,1-3H3. The minimum atomic E-state index is 0.847. The van der Waals surface area contributed by atoms with Crippen LogP contribution in [0.5, 0.6) is 0 Å². The maximum absolute atomic E-state index is 2.98. The van der Waals surface area contributed by atoms with E-state index in [0.717, 1.165) is 5.66 Å². The van der Waals surface area contributed by atoms with Gasteiger partial charge in [0.15, 0.2) is 0 Å². The van der Waals surface area contributed by atoms with Gasteiger partial charge < -0.3 is 4.90 Å². The SMILES string of the molecule is CCCCN(C)CCCC(P)CCC. The summed E-state index contributed by atoms with van der Waals surface area (Å²) in [5.41, 5.74) is 0.847. The van der Waals surface area contributed by atoms with Gasteiger partial charge in [-0.1, -0.05) is 26.7 Å². The molecule has 0 aliphatic rings. The highest BCUT2D eigenvalue weighted by Gasteiger charge is 2.02. The van der Waals surface area contributed by atoms with Crippen LogP contribution in [0.4, 0.5) is 0 Å². The van der Waals surface area contributed by atoms with Crippen molar-refractivity contribution in [1.29, 1.82) is 0 Å². The molecule has 1 nitrogen and oxygen atoms in total. The van der Waals surface area contributed by atoms with E-state index in [1.165, 1.54) is 51.6 Å². The van der Waals surface area contributed by atoms with Crippen LogP contribution in [0.25, 0.3) is 0 Å². The molecule has 2 heteroatoms. The quantitative estimate of drug-likeness (QED) is 0.534. The van der Waals surface area contributed by atoms with Crippen LogP contribution in [0.15, 0.2) is 0 Å². The van der Waals surface area contributed by atoms with Crippen LogP contribution in [0.2, 0.25) is 0 Å². The Labute approximate surface area is 92.8 Å². The molecular weight excluding hydrogens is 189 g/mol. The van der Waals surface area contributed by atoms with Gasteiger partial charge in [0.25, 0.3) is 0 Å². The first-order chi connectivity index (χ1) is 6.70. The van der Waals surface area contributed by atoms with Gasteiger partial charge in [0.2, 0.25) is 0 Å². The zero-order valence-corrected chi connectivity index (χ0v) is 11.4. The largest absolute Gasteiger partial charge is 0.306 e. The second-order valence-electron chi connectivity index (χ2n) is 4.35. The molecule has 0 rings (SSSR count). The Morgan fingerprint density at radius 1 is 1.00 bits per heavy atom. The van der Waals surface area contributed by atoms with E-state index >= 15 is 0 Å². The van der Waals surface area contributed by atoms with Gasteiger partial charge in [0.1, 0.15) is 0 Å². The first-order valence-electron chi connectivity index (χ1n) is 6.14. The highest BCUT2D eigenvalue weighted by Crippen LogP contribution is 2.14. The normalized spacial score (nSPS) is 13.5. The maximum Gasteiger partial charge on any atom is -0.00216 e. The third-order valence-electron chi connectivity index (χ3n) is 2.67. The molecule has 0 saturated carbocycles. The third-order valence-corrected chi connectivity index (χ3v) is 3.33. The Hall–Kier alpha value is 0.390. The van der Waals surface area contributed by atoms with Gasteiger partial charge >= 0.3 is 0 Å². The molecule has 0 aromatic heterocycles. The molecule has 0 aliphatic heterocycles. The molecule has 0 aliphatic carbocycles. The van der Waals surface area contributed by atoms with Gasteiger partial charge in [-0.3, -0.25) is 0 Å². The lowest BCUT2D eigenvalue weighted by atomic mass is 10.1. The van der Waals surface area contributed by atoms with Crippen molar-refractivity contribution in [2.75, 3.05) is 20.1 Å². The van der Waals surface area contributed by atoms with Crippen molar-refractivity contribution in [3.8, 4) is 0 Å². The van der Waals surface area contributed by atoms with Crippen LogP contribution in [0.1, 0.15) is 52.4 Å². The first-order valence-corrected chi connectivity index (χ1v) is 6.81. The van der Waals surface area contributed by atoms with Crippen molar-refractivity contribution < 1.29 is 0 Å². The molecule has 0 heterocycles. The first kappa shape index (κ1) is 14.4. The summed E-state index contributed by atoms with van der Waals surface area (Å²) in [6.45, 7) is 7.07. The molecule has 0 saturated heterocycles. The van der Waals surface area contributed by atoms with Gasteiger partial charge in [-0.25, -0.2) is 0 Å². The Kier molecular flexibility index (Phi) is 10.2. The van der Waals surface area contributed by atoms with Crippen molar-refractivity contribution in [1.82, 2.24) is 4.90 Å². The lowest BCUT2D eigenvalue weighted by molar-refractivity contribution is 0.319. The zero-order chi connectivity index (χ0) is 10.8. The van der Waals surface area contributed by atoms with Crippen LogP contribution < -0.4 is 0 Å². The fourth-order valence-electron chi connectivity index (χ4n) is 1.68. The predicted molar refractivity (Wildman–Crippen MR) is 70.0 cm³/mol. The number of nitrogens with zero attached hydrogens (tertiary/aromatic N) is 1. The van der Waals surface area contributed by atoms with E-state index < -0.39 is 0 Å². The molecular formula is C12H28NP. The molecule has 0 aromatic rings. The Morgan fingerprint density at radius 2 is 1.64 bits per heavy atom. The lowest BCUT2D eigenvalue weighted by Crippen LogP contribution is -2.21. The van der Waals surface area contributed by atoms with E-state index in [1.807, 2.05) is 0 Å². The minimum Gasteiger partial charge on any atom is -0.306 e. The summed E-state index contributed by atoms with van der Waals surface area (Å²) in [6, 6.07) is 0. The van der Waals surface area contributed by atoms with Crippen molar-refractivity contribution in [2.24, 2.45) is 0 Å². The van der Waals surface area contributed by atoms with Gasteiger partial charge in [-0.05, 0) is 51.5 Å². The molecule has 86 valence electrons. The van der Waals surface area contributed by atoms with E-state index in [2.05, 4.69) is 35.0 Å². The van der Waals surface area contributed by atoms with Crippen LogP contribution >= 0.6 is 9.24 Å². The molecule has 0 aromatic carbocycles. The number of hydrogen-bond donors (Lipinski definition) is 0. The summed E-state index contributed by atoms with van der Waals surface area (Å²) < 4.78 is 0. The Morgan fingerprint density at radius 3 is 2.21 bits per heavy atom. The van der Waals surface area contributed by atoms with Gasteiger partial charge in [0, 0.05) is 0 Å². The second-order valence-corrected chi connectivity index (χ2v) is 5.29. The summed E-state index contributed by atoms with van der Waals surface area (Å²) in [5.74, 6) is 0. The third kappa shape index (κ3) is 8.97. The molecule has 0 spiro atoms. The fraction of sp³-hybridized carbons (Fsp3) is 1.00. The van der Waals surface area contributed by atoms with Crippen molar-refractivity contribution in [3.05, 3.63) is 0 Å². The maximum atomic E-state index is 2.98. The highest BCUT2D eigenvalue weighted by molar-refractivity contribution is 7.17. The van der Waals surface area contributed by atoms with Crippen molar-refractivity contribution in [2.45, 2.75) is 58.0 Å². The van der Waals surface area contributed by atoms with Gasteiger partial charge in [0.05, 0.1) is 0 Å². The molecule has 0 N–H and O–H groups in total. The van der Waals surface area contributed by atoms with E-state index in [9.17, 15) is 0 Å². The monoisotopic (exact) mass is 217 g/mol. The van der Waals surface area contributed by atoms with Gasteiger partial charge in [-0.2, -0.15) is 0 Å². The summed E-state index contributed by atoms with van der Waals surface area (Å²) >= 11 is 0. The lowest BCUT2D eigenvalue weighted by Gasteiger charge is -2.17. The van der Waals surface area contributed by atoms with Crippen molar-refractivity contribution in [3.63, 3.8) is 0 Å². The fourth-order valence-corrected chi connectivity index (χ4v) is 2.25. The Bertz CT molecular complexity index is 117. The predicted octanol–water partition coefficient (Wildman–Crippen LogP) is 3.54. The molecule has 0 amide bonds. The second kappa shape index (κ2) is 9.93. The summed E-state index contributed by atoms with van der Waals surface area (Å²) in [7, 11) is 5.22. The summed E-state index contributed by atoms with van der Waals surface area (Å²) in [5, 5.41) is 0. The Balaban J connectivity index is 3.25. The topological polar surface area (TPSA) is 3.24 Å². The average molecular weight is 217 g/mol. The molecule has 14 heavy (non-hydrogen) atoms. The molecule has 2 atom stereocenters. The average Bonchev–Trinajstić information content (AvgIpc) is 2.15. The van der Waals surface area contributed by atoms with Crippen LogP contribution in [-0.4, -0.2) is 30.7 Å². The van der Waals surface area contributed by atoms with Crippen LogP contribution in [0, 0.1) is 0 Å². The summed E-state index contributed by atoms with van der Waals surface area (Å²) in [4.78, 5) is 2.47. The number of hydrogen-bond acceptors (Lipinski definition) is 1. The summed E-state index contributed by atoms with van der Waals surface area (Å²) in [6.07, 6.45) is 8.06. The highest BCUT2D eigenvalue weighted by atomic mass is 31.0. The molecule has 0 radical (unpaired) electrons. The van der Waals surface area contributed by atoms with E-state index in [1.54, 1.807) is 0 Å². The zero-order valence-electron chi connectivity index (χ0n) is 10.3. The van der Waals surface area contributed by atoms with Crippen LogP contribution in [0.3, 0.4) is 0 Å². The van der Waals surface area contributed by atoms with Gasteiger partial charge in [-0.15, -0.1) is 9.24 Å². The molecule has 0 fully saturated rings. The number of rotatable bonds is 9. The molecule has 0 bridgehead atoms. The minimum absolute atomic E-state index is 0.847. The van der Waals surface area contributed by atoms with E-state index in [-0.39, 0.29) is 0 Å². The van der Waals surface area contributed by atoms with Crippen LogP contribution in [-0.2, 0) is 0 Å².